The molecule has 0 saturated carbocycles. The molecule has 0 aromatic carbocycles. The van der Waals surface area contributed by atoms with Crippen LogP contribution in [0.2, 0.25) is 0 Å². The Labute approximate surface area is 78.7 Å². The van der Waals surface area contributed by atoms with Crippen molar-refractivity contribution < 1.29 is 14.2 Å². The number of hydrogen-bond donors (Lipinski definition) is 0. The van der Waals surface area contributed by atoms with Crippen LogP contribution in [0.15, 0.2) is 12.2 Å². The summed E-state index contributed by atoms with van der Waals surface area (Å²) in [4.78, 5) is 0. The number of rotatable bonds is 1. The molecular formula is C10H16O3. The third-order valence-electron chi connectivity index (χ3n) is 3.04. The summed E-state index contributed by atoms with van der Waals surface area (Å²) in [6.45, 7) is 7.40. The van der Waals surface area contributed by atoms with Gasteiger partial charge in [0.15, 0.2) is 6.29 Å². The molecule has 2 bridgehead atoms. The highest BCUT2D eigenvalue weighted by Gasteiger charge is 2.43. The van der Waals surface area contributed by atoms with Gasteiger partial charge in [0, 0.05) is 18.9 Å². The van der Waals surface area contributed by atoms with Gasteiger partial charge in [-0.1, -0.05) is 13.5 Å². The van der Waals surface area contributed by atoms with Gasteiger partial charge in [-0.15, -0.1) is 0 Å². The topological polar surface area (TPSA) is 27.7 Å². The molecule has 3 nitrogen and oxygen atoms in total. The van der Waals surface area contributed by atoms with Crippen molar-refractivity contribution in [2.75, 3.05) is 20.3 Å². The summed E-state index contributed by atoms with van der Waals surface area (Å²) in [5, 5.41) is 0. The lowest BCUT2D eigenvalue weighted by molar-refractivity contribution is -0.122. The summed E-state index contributed by atoms with van der Waals surface area (Å²) < 4.78 is 16.5. The number of ether oxygens (including phenoxy) is 3. The van der Waals surface area contributed by atoms with Crippen LogP contribution in [0, 0.1) is 11.8 Å². The van der Waals surface area contributed by atoms with E-state index in [0.29, 0.717) is 18.4 Å². The van der Waals surface area contributed by atoms with E-state index in [9.17, 15) is 0 Å². The third kappa shape index (κ3) is 1.41. The van der Waals surface area contributed by atoms with E-state index in [1.54, 1.807) is 7.11 Å². The monoisotopic (exact) mass is 184 g/mol. The second kappa shape index (κ2) is 3.40. The molecule has 0 radical (unpaired) electrons. The highest BCUT2D eigenvalue weighted by Crippen LogP contribution is 2.36. The minimum absolute atomic E-state index is 0.0538. The van der Waals surface area contributed by atoms with Gasteiger partial charge in [0.2, 0.25) is 0 Å². The van der Waals surface area contributed by atoms with E-state index in [1.807, 2.05) is 0 Å². The standard InChI is InChI=1S/C10H16O3/c1-6-4-12-10-7(2)8(5-13-10)9(6)11-3/h7-10H,1,4-5H2,2-3H3. The zero-order chi connectivity index (χ0) is 9.42. The van der Waals surface area contributed by atoms with E-state index in [0.717, 1.165) is 12.2 Å². The lowest BCUT2D eigenvalue weighted by Gasteiger charge is -2.23. The summed E-state index contributed by atoms with van der Waals surface area (Å²) in [6.07, 6.45) is 0.0457. The van der Waals surface area contributed by atoms with Gasteiger partial charge in [0.1, 0.15) is 0 Å². The number of hydrogen-bond acceptors (Lipinski definition) is 3. The van der Waals surface area contributed by atoms with Crippen LogP contribution in [0.5, 0.6) is 0 Å². The molecule has 0 spiro atoms. The summed E-state index contributed by atoms with van der Waals surface area (Å²) in [7, 11) is 1.72. The zero-order valence-corrected chi connectivity index (χ0v) is 8.16. The first-order chi connectivity index (χ1) is 6.24. The molecule has 2 heterocycles. The molecule has 2 rings (SSSR count). The average Bonchev–Trinajstić information content (AvgIpc) is 2.39. The molecular weight excluding hydrogens is 168 g/mol. The Morgan fingerprint density at radius 1 is 1.46 bits per heavy atom. The normalized spacial score (nSPS) is 44.9. The maximum Gasteiger partial charge on any atom is 0.161 e. The SMILES string of the molecule is C=C1COC2OCC(C1OC)C2C. The Balaban J connectivity index is 2.20. The Morgan fingerprint density at radius 2 is 2.23 bits per heavy atom. The van der Waals surface area contributed by atoms with E-state index < -0.39 is 0 Å². The maximum atomic E-state index is 5.55. The van der Waals surface area contributed by atoms with Crippen molar-refractivity contribution >= 4 is 0 Å². The van der Waals surface area contributed by atoms with Crippen LogP contribution < -0.4 is 0 Å². The van der Waals surface area contributed by atoms with Crippen molar-refractivity contribution in [2.45, 2.75) is 19.3 Å². The van der Waals surface area contributed by atoms with Gasteiger partial charge < -0.3 is 14.2 Å². The molecule has 3 heteroatoms. The van der Waals surface area contributed by atoms with Crippen LogP contribution in [0.25, 0.3) is 0 Å². The van der Waals surface area contributed by atoms with Crippen molar-refractivity contribution in [1.82, 2.24) is 0 Å². The molecule has 2 aliphatic heterocycles. The van der Waals surface area contributed by atoms with Gasteiger partial charge in [0.25, 0.3) is 0 Å². The molecule has 4 atom stereocenters. The molecule has 2 aliphatic rings. The molecule has 13 heavy (non-hydrogen) atoms. The highest BCUT2D eigenvalue weighted by molar-refractivity contribution is 5.09. The molecule has 74 valence electrons. The van der Waals surface area contributed by atoms with Gasteiger partial charge in [-0.05, 0) is 5.57 Å². The van der Waals surface area contributed by atoms with Gasteiger partial charge in [0.05, 0.1) is 19.3 Å². The fourth-order valence-electron chi connectivity index (χ4n) is 2.19. The van der Waals surface area contributed by atoms with E-state index in [2.05, 4.69) is 13.5 Å². The van der Waals surface area contributed by atoms with Crippen molar-refractivity contribution in [3.05, 3.63) is 12.2 Å². The smallest absolute Gasteiger partial charge is 0.161 e. The third-order valence-corrected chi connectivity index (χ3v) is 3.04. The van der Waals surface area contributed by atoms with Gasteiger partial charge in [-0.3, -0.25) is 0 Å². The lowest BCUT2D eigenvalue weighted by atomic mass is 9.89. The van der Waals surface area contributed by atoms with Crippen molar-refractivity contribution in [1.29, 1.82) is 0 Å². The average molecular weight is 184 g/mol. The maximum absolute atomic E-state index is 5.55. The Morgan fingerprint density at radius 3 is 2.92 bits per heavy atom. The Bertz CT molecular complexity index is 214. The fraction of sp³-hybridized carbons (Fsp3) is 0.800. The van der Waals surface area contributed by atoms with E-state index in [4.69, 9.17) is 14.2 Å². The van der Waals surface area contributed by atoms with Crippen LogP contribution in [0.4, 0.5) is 0 Å². The highest BCUT2D eigenvalue weighted by atomic mass is 16.7. The minimum Gasteiger partial charge on any atom is -0.377 e. The molecule has 2 saturated heterocycles. The van der Waals surface area contributed by atoms with Crippen LogP contribution in [0.1, 0.15) is 6.92 Å². The molecule has 2 fully saturated rings. The summed E-state index contributed by atoms with van der Waals surface area (Å²) in [5.74, 6) is 0.814. The minimum atomic E-state index is -0.0538. The van der Waals surface area contributed by atoms with E-state index in [1.165, 1.54) is 0 Å². The van der Waals surface area contributed by atoms with Crippen LogP contribution in [-0.2, 0) is 14.2 Å². The molecule has 0 amide bonds. The molecule has 4 unspecified atom stereocenters. The van der Waals surface area contributed by atoms with Crippen LogP contribution >= 0.6 is 0 Å². The van der Waals surface area contributed by atoms with E-state index >= 15 is 0 Å². The van der Waals surface area contributed by atoms with Crippen molar-refractivity contribution in [3.8, 4) is 0 Å². The fourth-order valence-corrected chi connectivity index (χ4v) is 2.19. The molecule has 0 N–H and O–H groups in total. The van der Waals surface area contributed by atoms with Crippen LogP contribution in [0.3, 0.4) is 0 Å². The lowest BCUT2D eigenvalue weighted by Crippen LogP contribution is -2.28. The van der Waals surface area contributed by atoms with Crippen molar-refractivity contribution in [3.63, 3.8) is 0 Å². The van der Waals surface area contributed by atoms with Crippen molar-refractivity contribution in [2.24, 2.45) is 11.8 Å². The second-order valence-electron chi connectivity index (χ2n) is 3.85. The first kappa shape index (κ1) is 9.19. The molecule has 0 aliphatic carbocycles. The summed E-state index contributed by atoms with van der Waals surface area (Å²) >= 11 is 0. The first-order valence-corrected chi connectivity index (χ1v) is 4.67. The Kier molecular flexibility index (Phi) is 2.41. The van der Waals surface area contributed by atoms with Crippen LogP contribution in [-0.4, -0.2) is 32.7 Å². The summed E-state index contributed by atoms with van der Waals surface area (Å²) in [5.41, 5.74) is 1.03. The first-order valence-electron chi connectivity index (χ1n) is 4.67. The zero-order valence-electron chi connectivity index (χ0n) is 8.16. The molecule has 0 aromatic heterocycles. The number of fused-ring (bicyclic) bond motifs is 2. The van der Waals surface area contributed by atoms with E-state index in [-0.39, 0.29) is 12.4 Å². The second-order valence-corrected chi connectivity index (χ2v) is 3.85. The summed E-state index contributed by atoms with van der Waals surface area (Å²) in [6, 6.07) is 0. The van der Waals surface area contributed by atoms with Gasteiger partial charge >= 0.3 is 0 Å². The van der Waals surface area contributed by atoms with Gasteiger partial charge in [-0.2, -0.15) is 0 Å². The largest absolute Gasteiger partial charge is 0.377 e. The Hall–Kier alpha value is -0.380. The number of methoxy groups -OCH3 is 1. The molecule has 0 aromatic rings. The van der Waals surface area contributed by atoms with Gasteiger partial charge in [-0.25, -0.2) is 0 Å². The quantitative estimate of drug-likeness (QED) is 0.573. The predicted octanol–water partition coefficient (Wildman–Crippen LogP) is 1.20. The predicted molar refractivity (Wildman–Crippen MR) is 48.3 cm³/mol.